The summed E-state index contributed by atoms with van der Waals surface area (Å²) in [5.41, 5.74) is 3.21. The van der Waals surface area contributed by atoms with E-state index in [2.05, 4.69) is 11.8 Å². The van der Waals surface area contributed by atoms with Crippen LogP contribution in [-0.2, 0) is 13.0 Å². The molecule has 4 rings (SSSR count). The van der Waals surface area contributed by atoms with Gasteiger partial charge in [0.2, 0.25) is 0 Å². The van der Waals surface area contributed by atoms with Crippen LogP contribution in [0.15, 0.2) is 51.7 Å². The molecule has 1 aliphatic heterocycles. The molecule has 0 unspecified atom stereocenters. The van der Waals surface area contributed by atoms with Gasteiger partial charge in [-0.3, -0.25) is 0 Å². The van der Waals surface area contributed by atoms with Gasteiger partial charge in [0.05, 0.1) is 12.1 Å². The number of nitrogens with zero attached hydrogens (tertiary/aromatic N) is 1. The van der Waals surface area contributed by atoms with Crippen molar-refractivity contribution >= 4 is 28.3 Å². The summed E-state index contributed by atoms with van der Waals surface area (Å²) in [4.78, 5) is 14.1. The summed E-state index contributed by atoms with van der Waals surface area (Å²) in [5, 5.41) is 1.66. The summed E-state index contributed by atoms with van der Waals surface area (Å²) in [6.07, 6.45) is 1.82. The van der Waals surface area contributed by atoms with Gasteiger partial charge in [0.1, 0.15) is 11.3 Å². The molecule has 2 aromatic carbocycles. The summed E-state index contributed by atoms with van der Waals surface area (Å²) in [6, 6.07) is 13.2. The molecule has 5 heteroatoms. The standard InChI is InChI=1S/C20H18ClNO3/c1-2-4-13-9-19(23)25-20-16(13)7-8-18-17(20)11-22(12-24-18)15-6-3-5-14(21)10-15/h3,5-10H,2,4,11-12H2,1H3. The van der Waals surface area contributed by atoms with Crippen molar-refractivity contribution < 1.29 is 9.15 Å². The minimum absolute atomic E-state index is 0.316. The third-order valence-corrected chi connectivity index (χ3v) is 4.71. The summed E-state index contributed by atoms with van der Waals surface area (Å²) in [7, 11) is 0. The highest BCUT2D eigenvalue weighted by molar-refractivity contribution is 6.30. The Hall–Kier alpha value is -2.46. The van der Waals surface area contributed by atoms with E-state index in [0.29, 0.717) is 23.9 Å². The topological polar surface area (TPSA) is 42.7 Å². The molecule has 3 aromatic rings. The molecule has 25 heavy (non-hydrogen) atoms. The first kappa shape index (κ1) is 16.0. The number of halogens is 1. The number of hydrogen-bond donors (Lipinski definition) is 0. The largest absolute Gasteiger partial charge is 0.473 e. The molecular weight excluding hydrogens is 338 g/mol. The number of aryl methyl sites for hydroxylation is 1. The Morgan fingerprint density at radius 2 is 2.08 bits per heavy atom. The highest BCUT2D eigenvalue weighted by atomic mass is 35.5. The number of benzene rings is 2. The van der Waals surface area contributed by atoms with Crippen LogP contribution in [0, 0.1) is 0 Å². The minimum Gasteiger partial charge on any atom is -0.473 e. The van der Waals surface area contributed by atoms with Crippen molar-refractivity contribution in [2.45, 2.75) is 26.3 Å². The zero-order valence-electron chi connectivity index (χ0n) is 13.9. The predicted octanol–water partition coefficient (Wildman–Crippen LogP) is 4.76. The normalized spacial score (nSPS) is 13.6. The van der Waals surface area contributed by atoms with Crippen LogP contribution in [0.1, 0.15) is 24.5 Å². The zero-order valence-corrected chi connectivity index (χ0v) is 14.7. The van der Waals surface area contributed by atoms with Gasteiger partial charge in [0.25, 0.3) is 0 Å². The molecule has 0 radical (unpaired) electrons. The van der Waals surface area contributed by atoms with Gasteiger partial charge in [-0.25, -0.2) is 4.79 Å². The lowest BCUT2D eigenvalue weighted by Crippen LogP contribution is -2.32. The highest BCUT2D eigenvalue weighted by Gasteiger charge is 2.22. The number of hydrogen-bond acceptors (Lipinski definition) is 4. The van der Waals surface area contributed by atoms with Gasteiger partial charge < -0.3 is 14.1 Å². The van der Waals surface area contributed by atoms with Crippen molar-refractivity contribution in [3.8, 4) is 5.75 Å². The van der Waals surface area contributed by atoms with Crippen LogP contribution in [0.25, 0.3) is 11.0 Å². The second-order valence-corrected chi connectivity index (χ2v) is 6.65. The maximum Gasteiger partial charge on any atom is 0.336 e. The second-order valence-electron chi connectivity index (χ2n) is 6.21. The molecule has 0 N–H and O–H groups in total. The van der Waals surface area contributed by atoms with Crippen LogP contribution in [0.3, 0.4) is 0 Å². The van der Waals surface area contributed by atoms with Gasteiger partial charge in [0, 0.05) is 22.2 Å². The predicted molar refractivity (Wildman–Crippen MR) is 99.6 cm³/mol. The van der Waals surface area contributed by atoms with Crippen molar-refractivity contribution in [3.05, 3.63) is 69.0 Å². The summed E-state index contributed by atoms with van der Waals surface area (Å²) in [5.74, 6) is 0.766. The lowest BCUT2D eigenvalue weighted by Gasteiger charge is -2.31. The maximum absolute atomic E-state index is 12.0. The molecule has 0 aliphatic carbocycles. The van der Waals surface area contributed by atoms with Gasteiger partial charge in [-0.15, -0.1) is 0 Å². The fourth-order valence-corrected chi connectivity index (χ4v) is 3.50. The Kier molecular flexibility index (Phi) is 4.14. The van der Waals surface area contributed by atoms with Crippen molar-refractivity contribution in [1.29, 1.82) is 0 Å². The molecule has 1 aromatic heterocycles. The molecule has 0 bridgehead atoms. The van der Waals surface area contributed by atoms with Crippen LogP contribution < -0.4 is 15.3 Å². The van der Waals surface area contributed by atoms with E-state index >= 15 is 0 Å². The van der Waals surface area contributed by atoms with Crippen LogP contribution in [0.4, 0.5) is 5.69 Å². The quantitative estimate of drug-likeness (QED) is 0.635. The van der Waals surface area contributed by atoms with Gasteiger partial charge >= 0.3 is 5.63 Å². The molecule has 0 saturated heterocycles. The molecule has 2 heterocycles. The third kappa shape index (κ3) is 2.98. The first-order valence-corrected chi connectivity index (χ1v) is 8.75. The van der Waals surface area contributed by atoms with Crippen LogP contribution in [0.5, 0.6) is 5.75 Å². The molecule has 0 saturated carbocycles. The van der Waals surface area contributed by atoms with Crippen molar-refractivity contribution in [3.63, 3.8) is 0 Å². The van der Waals surface area contributed by atoms with Crippen molar-refractivity contribution in [2.75, 3.05) is 11.6 Å². The summed E-state index contributed by atoms with van der Waals surface area (Å²) in [6.45, 7) is 3.13. The third-order valence-electron chi connectivity index (χ3n) is 4.48. The van der Waals surface area contributed by atoms with E-state index in [1.807, 2.05) is 36.4 Å². The Morgan fingerprint density at radius 1 is 1.20 bits per heavy atom. The first-order chi connectivity index (χ1) is 12.2. The monoisotopic (exact) mass is 355 g/mol. The van der Waals surface area contributed by atoms with Gasteiger partial charge in [-0.2, -0.15) is 0 Å². The molecule has 0 spiro atoms. The lowest BCUT2D eigenvalue weighted by atomic mass is 10.0. The maximum atomic E-state index is 12.0. The Balaban J connectivity index is 1.82. The average molecular weight is 356 g/mol. The molecule has 0 atom stereocenters. The van der Waals surface area contributed by atoms with Crippen molar-refractivity contribution in [1.82, 2.24) is 0 Å². The van der Waals surface area contributed by atoms with E-state index in [9.17, 15) is 4.79 Å². The first-order valence-electron chi connectivity index (χ1n) is 8.37. The number of ether oxygens (including phenoxy) is 1. The van der Waals surface area contributed by atoms with E-state index in [1.54, 1.807) is 6.07 Å². The lowest BCUT2D eigenvalue weighted by molar-refractivity contribution is 0.289. The van der Waals surface area contributed by atoms with Gasteiger partial charge in [-0.05, 0) is 42.3 Å². The zero-order chi connectivity index (χ0) is 17.4. The second kappa shape index (κ2) is 6.45. The van der Waals surface area contributed by atoms with E-state index in [1.165, 1.54) is 0 Å². The Labute approximate surface area is 150 Å². The average Bonchev–Trinajstić information content (AvgIpc) is 2.61. The smallest absolute Gasteiger partial charge is 0.336 e. The fourth-order valence-electron chi connectivity index (χ4n) is 3.31. The molecular formula is C20H18ClNO3. The molecule has 1 aliphatic rings. The number of fused-ring (bicyclic) bond motifs is 3. The van der Waals surface area contributed by atoms with E-state index in [4.69, 9.17) is 20.8 Å². The van der Waals surface area contributed by atoms with Crippen LogP contribution in [0.2, 0.25) is 5.02 Å². The molecule has 0 fully saturated rings. The fraction of sp³-hybridized carbons (Fsp3) is 0.250. The molecule has 0 amide bonds. The van der Waals surface area contributed by atoms with Crippen LogP contribution in [-0.4, -0.2) is 6.73 Å². The van der Waals surface area contributed by atoms with E-state index in [-0.39, 0.29) is 5.63 Å². The van der Waals surface area contributed by atoms with Crippen LogP contribution >= 0.6 is 11.6 Å². The number of anilines is 1. The minimum atomic E-state index is -0.316. The Bertz CT molecular complexity index is 996. The summed E-state index contributed by atoms with van der Waals surface area (Å²) >= 11 is 6.11. The molecule has 4 nitrogen and oxygen atoms in total. The SMILES string of the molecule is CCCc1cc(=O)oc2c3c(ccc12)OCN(c1cccc(Cl)c1)C3. The Morgan fingerprint density at radius 3 is 2.88 bits per heavy atom. The van der Waals surface area contributed by atoms with E-state index < -0.39 is 0 Å². The molecule has 128 valence electrons. The van der Waals surface area contributed by atoms with Gasteiger partial charge in [0.15, 0.2) is 6.73 Å². The van der Waals surface area contributed by atoms with E-state index in [0.717, 1.165) is 40.8 Å². The van der Waals surface area contributed by atoms with Crippen molar-refractivity contribution in [2.24, 2.45) is 0 Å². The number of rotatable bonds is 3. The summed E-state index contributed by atoms with van der Waals surface area (Å²) < 4.78 is 11.5. The highest BCUT2D eigenvalue weighted by Crippen LogP contribution is 2.35. The van der Waals surface area contributed by atoms with Gasteiger partial charge in [-0.1, -0.05) is 31.0 Å².